The Balaban J connectivity index is 1.70. The Bertz CT molecular complexity index is 560. The lowest BCUT2D eigenvalue weighted by atomic mass is 9.43. The van der Waals surface area contributed by atoms with Crippen LogP contribution in [0.1, 0.15) is 59.3 Å². The van der Waals surface area contributed by atoms with Crippen LogP contribution in [0.2, 0.25) is 0 Å². The van der Waals surface area contributed by atoms with Crippen molar-refractivity contribution in [3.8, 4) is 0 Å². The standard InChI is InChI=1S/C23H39NO2/c1-6-26-20-14-23(3)15(12-19(20)25)9-10-16-17-8-7-11-22(17,2)13-18(21(16)23)24(4)5/h7,11,15-21,25H,6,8-10,12-14H2,1-5H3/t15-,16-,17-,18+,19-,20-,21+,22-,23-/m0/s1. The average Bonchev–Trinajstić information content (AvgIpc) is 2.97. The molecule has 1 N–H and O–H groups in total. The van der Waals surface area contributed by atoms with Gasteiger partial charge in [-0.1, -0.05) is 26.0 Å². The minimum absolute atomic E-state index is 0.0258. The summed E-state index contributed by atoms with van der Waals surface area (Å²) in [6.45, 7) is 7.83. The Kier molecular flexibility index (Phi) is 4.81. The van der Waals surface area contributed by atoms with Gasteiger partial charge in [-0.3, -0.25) is 0 Å². The van der Waals surface area contributed by atoms with Gasteiger partial charge in [0.2, 0.25) is 0 Å². The summed E-state index contributed by atoms with van der Waals surface area (Å²) < 4.78 is 6.02. The minimum Gasteiger partial charge on any atom is -0.390 e. The first-order valence-electron chi connectivity index (χ1n) is 10.9. The molecule has 0 aliphatic heterocycles. The van der Waals surface area contributed by atoms with Crippen LogP contribution >= 0.6 is 0 Å². The predicted octanol–water partition coefficient (Wildman–Crippen LogP) is 4.11. The third-order valence-corrected chi connectivity index (χ3v) is 8.96. The molecule has 3 saturated carbocycles. The van der Waals surface area contributed by atoms with E-state index < -0.39 is 0 Å². The zero-order valence-corrected chi connectivity index (χ0v) is 17.4. The molecule has 0 amide bonds. The highest BCUT2D eigenvalue weighted by Gasteiger charge is 2.61. The molecule has 0 aromatic rings. The highest BCUT2D eigenvalue weighted by atomic mass is 16.5. The van der Waals surface area contributed by atoms with E-state index in [0.29, 0.717) is 29.4 Å². The fourth-order valence-corrected chi connectivity index (χ4v) is 7.77. The molecular weight excluding hydrogens is 322 g/mol. The van der Waals surface area contributed by atoms with E-state index in [1.54, 1.807) is 0 Å². The van der Waals surface area contributed by atoms with Crippen LogP contribution in [0.4, 0.5) is 0 Å². The van der Waals surface area contributed by atoms with Gasteiger partial charge in [-0.2, -0.15) is 0 Å². The molecule has 0 bridgehead atoms. The van der Waals surface area contributed by atoms with Gasteiger partial charge in [0.15, 0.2) is 0 Å². The van der Waals surface area contributed by atoms with Crippen molar-refractivity contribution in [2.45, 2.75) is 77.5 Å². The fourth-order valence-electron chi connectivity index (χ4n) is 7.77. The molecule has 148 valence electrons. The van der Waals surface area contributed by atoms with Crippen molar-refractivity contribution >= 4 is 0 Å². The topological polar surface area (TPSA) is 32.7 Å². The maximum absolute atomic E-state index is 10.7. The maximum atomic E-state index is 10.7. The van der Waals surface area contributed by atoms with Crippen molar-refractivity contribution in [3.05, 3.63) is 12.2 Å². The number of hydrogen-bond donors (Lipinski definition) is 1. The Morgan fingerprint density at radius 1 is 1.19 bits per heavy atom. The number of nitrogens with zero attached hydrogens (tertiary/aromatic N) is 1. The molecule has 0 aromatic heterocycles. The number of aliphatic hydroxyl groups excluding tert-OH is 1. The Labute approximate surface area is 160 Å². The number of allylic oxidation sites excluding steroid dienone is 2. The molecule has 4 rings (SSSR count). The first-order valence-corrected chi connectivity index (χ1v) is 10.9. The summed E-state index contributed by atoms with van der Waals surface area (Å²) in [7, 11) is 4.57. The van der Waals surface area contributed by atoms with Gasteiger partial charge in [0.05, 0.1) is 12.2 Å². The number of fused-ring (bicyclic) bond motifs is 5. The van der Waals surface area contributed by atoms with E-state index in [1.807, 2.05) is 0 Å². The summed E-state index contributed by atoms with van der Waals surface area (Å²) in [5.41, 5.74) is 0.674. The van der Waals surface area contributed by atoms with Crippen LogP contribution in [0.15, 0.2) is 12.2 Å². The van der Waals surface area contributed by atoms with E-state index in [9.17, 15) is 5.11 Å². The van der Waals surface area contributed by atoms with Crippen LogP contribution in [0.3, 0.4) is 0 Å². The lowest BCUT2D eigenvalue weighted by molar-refractivity contribution is -0.183. The molecule has 0 spiro atoms. The lowest BCUT2D eigenvalue weighted by Gasteiger charge is -2.64. The molecule has 4 aliphatic rings. The molecule has 26 heavy (non-hydrogen) atoms. The molecular formula is C23H39NO2. The van der Waals surface area contributed by atoms with Crippen LogP contribution in [0.5, 0.6) is 0 Å². The van der Waals surface area contributed by atoms with E-state index in [1.165, 1.54) is 25.7 Å². The van der Waals surface area contributed by atoms with E-state index in [4.69, 9.17) is 4.74 Å². The second-order valence-electron chi connectivity index (χ2n) is 10.5. The minimum atomic E-state index is -0.274. The summed E-state index contributed by atoms with van der Waals surface area (Å²) in [5, 5.41) is 10.7. The largest absolute Gasteiger partial charge is 0.390 e. The third kappa shape index (κ3) is 2.72. The molecule has 0 unspecified atom stereocenters. The zero-order valence-electron chi connectivity index (χ0n) is 17.4. The SMILES string of the molecule is CCO[C@H]1C[C@@]2(C)[C@@H](CC[C@@H]3[C@@H]2[C@H](N(C)C)C[C@]2(C)C=CC[C@@H]32)C[C@@H]1O. The lowest BCUT2D eigenvalue weighted by Crippen LogP contribution is -2.63. The van der Waals surface area contributed by atoms with Gasteiger partial charge >= 0.3 is 0 Å². The highest BCUT2D eigenvalue weighted by Crippen LogP contribution is 2.65. The number of hydrogen-bond acceptors (Lipinski definition) is 3. The van der Waals surface area contributed by atoms with Crippen LogP contribution in [0.25, 0.3) is 0 Å². The van der Waals surface area contributed by atoms with Gasteiger partial charge in [-0.25, -0.2) is 0 Å². The highest BCUT2D eigenvalue weighted by molar-refractivity contribution is 5.19. The molecule has 4 aliphatic carbocycles. The number of ether oxygens (including phenoxy) is 1. The Morgan fingerprint density at radius 3 is 2.65 bits per heavy atom. The fraction of sp³-hybridized carbons (Fsp3) is 0.913. The predicted molar refractivity (Wildman–Crippen MR) is 106 cm³/mol. The normalized spacial score (nSPS) is 53.3. The second-order valence-corrected chi connectivity index (χ2v) is 10.5. The molecule has 0 heterocycles. The molecule has 3 heteroatoms. The summed E-state index contributed by atoms with van der Waals surface area (Å²) in [6.07, 6.45) is 11.9. The van der Waals surface area contributed by atoms with Crippen molar-refractivity contribution < 1.29 is 9.84 Å². The molecule has 3 nitrogen and oxygen atoms in total. The Hall–Kier alpha value is -0.380. The van der Waals surface area contributed by atoms with E-state index in [-0.39, 0.29) is 12.2 Å². The van der Waals surface area contributed by atoms with Gasteiger partial charge in [-0.05, 0) is 94.0 Å². The summed E-state index contributed by atoms with van der Waals surface area (Å²) in [6, 6.07) is 0.634. The van der Waals surface area contributed by atoms with E-state index in [0.717, 1.165) is 30.6 Å². The quantitative estimate of drug-likeness (QED) is 0.768. The van der Waals surface area contributed by atoms with Crippen LogP contribution < -0.4 is 0 Å². The number of rotatable bonds is 3. The number of aliphatic hydroxyl groups is 1. The summed E-state index contributed by atoms with van der Waals surface area (Å²) in [4.78, 5) is 2.51. The van der Waals surface area contributed by atoms with Gasteiger partial charge in [-0.15, -0.1) is 0 Å². The monoisotopic (exact) mass is 361 g/mol. The van der Waals surface area contributed by atoms with Crippen molar-refractivity contribution in [2.24, 2.45) is 34.5 Å². The van der Waals surface area contributed by atoms with Gasteiger partial charge in [0.25, 0.3) is 0 Å². The molecule has 9 atom stereocenters. The average molecular weight is 362 g/mol. The van der Waals surface area contributed by atoms with Gasteiger partial charge in [0.1, 0.15) is 0 Å². The van der Waals surface area contributed by atoms with Gasteiger partial charge in [0, 0.05) is 12.6 Å². The van der Waals surface area contributed by atoms with Crippen molar-refractivity contribution in [3.63, 3.8) is 0 Å². The molecule has 0 saturated heterocycles. The maximum Gasteiger partial charge on any atom is 0.0839 e. The second kappa shape index (κ2) is 6.60. The van der Waals surface area contributed by atoms with Crippen LogP contribution in [-0.2, 0) is 4.74 Å². The van der Waals surface area contributed by atoms with E-state index >= 15 is 0 Å². The first-order chi connectivity index (χ1) is 12.3. The summed E-state index contributed by atoms with van der Waals surface area (Å²) in [5.74, 6) is 3.01. The van der Waals surface area contributed by atoms with Crippen LogP contribution in [-0.4, -0.2) is 49.0 Å². The Morgan fingerprint density at radius 2 is 1.96 bits per heavy atom. The van der Waals surface area contributed by atoms with Crippen molar-refractivity contribution in [1.29, 1.82) is 0 Å². The molecule has 3 fully saturated rings. The van der Waals surface area contributed by atoms with Crippen LogP contribution in [0, 0.1) is 34.5 Å². The van der Waals surface area contributed by atoms with Crippen molar-refractivity contribution in [2.75, 3.05) is 20.7 Å². The molecule has 0 aromatic carbocycles. The smallest absolute Gasteiger partial charge is 0.0839 e. The summed E-state index contributed by atoms with van der Waals surface area (Å²) >= 11 is 0. The zero-order chi connectivity index (χ0) is 18.7. The van der Waals surface area contributed by atoms with Gasteiger partial charge < -0.3 is 14.7 Å². The third-order valence-electron chi connectivity index (χ3n) is 8.96. The van der Waals surface area contributed by atoms with E-state index in [2.05, 4.69) is 51.9 Å². The first kappa shape index (κ1) is 19.0. The van der Waals surface area contributed by atoms with Crippen molar-refractivity contribution in [1.82, 2.24) is 4.90 Å². The molecule has 0 radical (unpaired) electrons.